The van der Waals surface area contributed by atoms with Gasteiger partial charge in [-0.2, -0.15) is 0 Å². The number of para-hydroxylation sites is 1. The van der Waals surface area contributed by atoms with Gasteiger partial charge in [0.05, 0.1) is 12.0 Å². The molecular weight excluding hydrogens is 408 g/mol. The van der Waals surface area contributed by atoms with Crippen LogP contribution in [0.2, 0.25) is 0 Å². The fourth-order valence-corrected chi connectivity index (χ4v) is 3.98. The number of thioether (sulfide) groups is 1. The second-order valence-electron chi connectivity index (χ2n) is 6.89. The zero-order valence-corrected chi connectivity index (χ0v) is 17.9. The normalized spacial score (nSPS) is 10.7. The number of benzene rings is 2. The van der Waals surface area contributed by atoms with Crippen LogP contribution in [-0.2, 0) is 11.3 Å². The van der Waals surface area contributed by atoms with Crippen LogP contribution in [0.4, 0.5) is 5.69 Å². The van der Waals surface area contributed by atoms with Crippen molar-refractivity contribution in [3.8, 4) is 22.7 Å². The first kappa shape index (κ1) is 20.7. The van der Waals surface area contributed by atoms with Crippen LogP contribution in [0.25, 0.3) is 22.7 Å². The van der Waals surface area contributed by atoms with E-state index in [4.69, 9.17) is 4.42 Å². The lowest BCUT2D eigenvalue weighted by Crippen LogP contribution is -2.15. The number of aryl methyl sites for hydroxylation is 1. The van der Waals surface area contributed by atoms with Gasteiger partial charge in [-0.15, -0.1) is 16.8 Å². The summed E-state index contributed by atoms with van der Waals surface area (Å²) in [6.07, 6.45) is 3.40. The molecule has 4 rings (SSSR count). The summed E-state index contributed by atoms with van der Waals surface area (Å²) in [5, 5.41) is 12.2. The van der Waals surface area contributed by atoms with Gasteiger partial charge in [0.25, 0.3) is 0 Å². The van der Waals surface area contributed by atoms with E-state index in [1.807, 2.05) is 72.2 Å². The largest absolute Gasteiger partial charge is 0.461 e. The minimum absolute atomic E-state index is 0.114. The lowest BCUT2D eigenvalue weighted by Gasteiger charge is -2.11. The van der Waals surface area contributed by atoms with E-state index in [-0.39, 0.29) is 11.7 Å². The first-order valence-electron chi connectivity index (χ1n) is 9.83. The Hall–Kier alpha value is -3.58. The summed E-state index contributed by atoms with van der Waals surface area (Å²) in [5.74, 6) is 1.38. The first-order chi connectivity index (χ1) is 15.2. The highest BCUT2D eigenvalue weighted by Crippen LogP contribution is 2.29. The maximum Gasteiger partial charge on any atom is 0.234 e. The van der Waals surface area contributed by atoms with Gasteiger partial charge < -0.3 is 9.73 Å². The third-order valence-corrected chi connectivity index (χ3v) is 5.68. The maximum absolute atomic E-state index is 12.7. The van der Waals surface area contributed by atoms with E-state index in [0.717, 1.165) is 22.4 Å². The van der Waals surface area contributed by atoms with E-state index >= 15 is 0 Å². The van der Waals surface area contributed by atoms with E-state index in [1.165, 1.54) is 11.8 Å². The molecule has 0 spiro atoms. The average Bonchev–Trinajstić information content (AvgIpc) is 3.39. The van der Waals surface area contributed by atoms with E-state index < -0.39 is 0 Å². The number of furan rings is 1. The maximum atomic E-state index is 12.7. The number of allylic oxidation sites excluding steroid dienone is 1. The lowest BCUT2D eigenvalue weighted by molar-refractivity contribution is -0.113. The zero-order chi connectivity index (χ0) is 21.6. The topological polar surface area (TPSA) is 73.0 Å². The molecule has 0 bridgehead atoms. The Morgan fingerprint density at radius 3 is 2.65 bits per heavy atom. The monoisotopic (exact) mass is 430 g/mol. The van der Waals surface area contributed by atoms with Crippen LogP contribution in [0.5, 0.6) is 0 Å². The molecule has 156 valence electrons. The molecule has 0 unspecified atom stereocenters. The van der Waals surface area contributed by atoms with Gasteiger partial charge in [0, 0.05) is 17.8 Å². The first-order valence-corrected chi connectivity index (χ1v) is 10.8. The van der Waals surface area contributed by atoms with Gasteiger partial charge in [-0.1, -0.05) is 66.4 Å². The standard InChI is InChI=1S/C24H22N4O2S/c1-3-14-28-23(22-17(2)13-15-30-22)26-27-24(28)31-16-21(29)25-20-12-8-7-11-19(20)18-9-5-4-6-10-18/h3-13,15H,1,14,16H2,2H3,(H,25,29). The predicted molar refractivity (Wildman–Crippen MR) is 124 cm³/mol. The van der Waals surface area contributed by atoms with E-state index in [1.54, 1.807) is 12.3 Å². The predicted octanol–water partition coefficient (Wildman–Crippen LogP) is 5.43. The van der Waals surface area contributed by atoms with Crippen molar-refractivity contribution in [2.24, 2.45) is 0 Å². The molecule has 31 heavy (non-hydrogen) atoms. The van der Waals surface area contributed by atoms with Crippen LogP contribution < -0.4 is 5.32 Å². The number of carbonyl (C=O) groups is 1. The molecule has 1 amide bonds. The summed E-state index contributed by atoms with van der Waals surface area (Å²) in [5.41, 5.74) is 3.78. The van der Waals surface area contributed by atoms with Crippen molar-refractivity contribution >= 4 is 23.4 Å². The molecule has 0 fully saturated rings. The third-order valence-electron chi connectivity index (χ3n) is 4.71. The summed E-state index contributed by atoms with van der Waals surface area (Å²) in [7, 11) is 0. The summed E-state index contributed by atoms with van der Waals surface area (Å²) < 4.78 is 7.46. The quantitative estimate of drug-likeness (QED) is 0.298. The number of anilines is 1. The number of hydrogen-bond acceptors (Lipinski definition) is 5. The van der Waals surface area contributed by atoms with Gasteiger partial charge in [0.1, 0.15) is 0 Å². The highest BCUT2D eigenvalue weighted by Gasteiger charge is 2.18. The van der Waals surface area contributed by atoms with Crippen LogP contribution in [0, 0.1) is 6.92 Å². The highest BCUT2D eigenvalue weighted by molar-refractivity contribution is 7.99. The summed E-state index contributed by atoms with van der Waals surface area (Å²) in [6.45, 7) is 6.29. The molecule has 0 aliphatic heterocycles. The zero-order valence-electron chi connectivity index (χ0n) is 17.1. The fourth-order valence-electron chi connectivity index (χ4n) is 3.24. The van der Waals surface area contributed by atoms with Gasteiger partial charge in [-0.05, 0) is 30.2 Å². The average molecular weight is 431 g/mol. The van der Waals surface area contributed by atoms with Crippen LogP contribution >= 0.6 is 11.8 Å². The van der Waals surface area contributed by atoms with Crippen molar-refractivity contribution in [1.29, 1.82) is 0 Å². The molecular formula is C24H22N4O2S. The van der Waals surface area contributed by atoms with Crippen molar-refractivity contribution < 1.29 is 9.21 Å². The van der Waals surface area contributed by atoms with Crippen molar-refractivity contribution in [1.82, 2.24) is 14.8 Å². The van der Waals surface area contributed by atoms with Gasteiger partial charge in [0.15, 0.2) is 10.9 Å². The Morgan fingerprint density at radius 2 is 1.90 bits per heavy atom. The second kappa shape index (κ2) is 9.49. The van der Waals surface area contributed by atoms with Gasteiger partial charge in [-0.3, -0.25) is 9.36 Å². The Labute approximate surface area is 185 Å². The summed E-state index contributed by atoms with van der Waals surface area (Å²) >= 11 is 1.33. The number of carbonyl (C=O) groups excluding carboxylic acids is 1. The van der Waals surface area contributed by atoms with Crippen molar-refractivity contribution in [2.75, 3.05) is 11.1 Å². The molecule has 1 N–H and O–H groups in total. The summed E-state index contributed by atoms with van der Waals surface area (Å²) in [6, 6.07) is 19.6. The fraction of sp³-hybridized carbons (Fsp3) is 0.125. The molecule has 0 atom stereocenters. The number of amides is 1. The summed E-state index contributed by atoms with van der Waals surface area (Å²) in [4.78, 5) is 12.7. The van der Waals surface area contributed by atoms with E-state index in [0.29, 0.717) is 23.3 Å². The number of rotatable bonds is 8. The molecule has 2 heterocycles. The van der Waals surface area contributed by atoms with Crippen LogP contribution in [0.15, 0.2) is 89.2 Å². The van der Waals surface area contributed by atoms with E-state index in [2.05, 4.69) is 22.1 Å². The minimum atomic E-state index is -0.114. The number of aromatic nitrogens is 3. The van der Waals surface area contributed by atoms with Gasteiger partial charge >= 0.3 is 0 Å². The molecule has 6 nitrogen and oxygen atoms in total. The molecule has 4 aromatic rings. The van der Waals surface area contributed by atoms with Gasteiger partial charge in [-0.25, -0.2) is 0 Å². The van der Waals surface area contributed by atoms with Crippen LogP contribution in [0.1, 0.15) is 5.56 Å². The van der Waals surface area contributed by atoms with Crippen molar-refractivity contribution in [2.45, 2.75) is 18.6 Å². The third kappa shape index (κ3) is 4.62. The smallest absolute Gasteiger partial charge is 0.234 e. The van der Waals surface area contributed by atoms with Crippen molar-refractivity contribution in [3.05, 3.63) is 85.1 Å². The molecule has 7 heteroatoms. The lowest BCUT2D eigenvalue weighted by atomic mass is 10.0. The van der Waals surface area contributed by atoms with Gasteiger partial charge in [0.2, 0.25) is 11.7 Å². The SMILES string of the molecule is C=CCn1c(SCC(=O)Nc2ccccc2-c2ccccc2)nnc1-c1occc1C. The minimum Gasteiger partial charge on any atom is -0.461 e. The Kier molecular flexibility index (Phi) is 6.33. The van der Waals surface area contributed by atoms with E-state index in [9.17, 15) is 4.79 Å². The number of hydrogen-bond donors (Lipinski definition) is 1. The van der Waals surface area contributed by atoms with Crippen LogP contribution in [-0.4, -0.2) is 26.4 Å². The molecule has 0 aliphatic rings. The molecule has 2 aromatic heterocycles. The Bertz CT molecular complexity index is 1200. The molecule has 2 aromatic carbocycles. The number of nitrogens with one attached hydrogen (secondary N) is 1. The molecule has 0 aliphatic carbocycles. The highest BCUT2D eigenvalue weighted by atomic mass is 32.2. The molecule has 0 saturated heterocycles. The Morgan fingerprint density at radius 1 is 1.13 bits per heavy atom. The Balaban J connectivity index is 1.49. The van der Waals surface area contributed by atoms with Crippen molar-refractivity contribution in [3.63, 3.8) is 0 Å². The number of nitrogens with zero attached hydrogens (tertiary/aromatic N) is 3. The second-order valence-corrected chi connectivity index (χ2v) is 7.83. The van der Waals surface area contributed by atoms with Crippen LogP contribution in [0.3, 0.4) is 0 Å². The molecule has 0 saturated carbocycles. The molecule has 0 radical (unpaired) electrons.